The molecule has 0 spiro atoms. The number of hydrogen-bond donors (Lipinski definition) is 1. The van der Waals surface area contributed by atoms with Crippen LogP contribution in [0.4, 0.5) is 0 Å². The maximum absolute atomic E-state index is 10.3. The Balaban J connectivity index is 1.82. The summed E-state index contributed by atoms with van der Waals surface area (Å²) in [5, 5.41) is 10.3. The fourth-order valence-corrected chi connectivity index (χ4v) is 3.03. The van der Waals surface area contributed by atoms with E-state index in [-0.39, 0.29) is 6.10 Å². The highest BCUT2D eigenvalue weighted by molar-refractivity contribution is 5.15. The van der Waals surface area contributed by atoms with Crippen LogP contribution in [0.15, 0.2) is 30.3 Å². The summed E-state index contributed by atoms with van der Waals surface area (Å²) in [5.74, 6) is 0.487. The van der Waals surface area contributed by atoms with Crippen molar-refractivity contribution in [3.63, 3.8) is 0 Å². The molecule has 1 aromatic rings. The van der Waals surface area contributed by atoms with Crippen LogP contribution in [0.3, 0.4) is 0 Å². The molecule has 1 fully saturated rings. The SMILES string of the molecule is CN(C)C1CCC(C(O)Cc2ccccc2)CC1. The first kappa shape index (κ1) is 13.6. The van der Waals surface area contributed by atoms with Gasteiger partial charge in [-0.1, -0.05) is 30.3 Å². The van der Waals surface area contributed by atoms with E-state index in [2.05, 4.69) is 31.1 Å². The van der Waals surface area contributed by atoms with Crippen molar-refractivity contribution in [2.45, 2.75) is 44.2 Å². The van der Waals surface area contributed by atoms with Gasteiger partial charge in [0.15, 0.2) is 0 Å². The third-order valence-electron chi connectivity index (χ3n) is 4.30. The second kappa shape index (κ2) is 6.35. The van der Waals surface area contributed by atoms with Gasteiger partial charge in [-0.25, -0.2) is 0 Å². The first-order chi connectivity index (χ1) is 8.66. The van der Waals surface area contributed by atoms with Crippen molar-refractivity contribution in [2.75, 3.05) is 14.1 Å². The van der Waals surface area contributed by atoms with Gasteiger partial charge in [-0.05, 0) is 57.7 Å². The quantitative estimate of drug-likeness (QED) is 0.884. The average molecular weight is 247 g/mol. The number of aliphatic hydroxyl groups is 1. The highest BCUT2D eigenvalue weighted by Gasteiger charge is 2.27. The van der Waals surface area contributed by atoms with Gasteiger partial charge in [-0.3, -0.25) is 0 Å². The minimum Gasteiger partial charge on any atom is -0.392 e. The fourth-order valence-electron chi connectivity index (χ4n) is 3.03. The van der Waals surface area contributed by atoms with Crippen molar-refractivity contribution in [2.24, 2.45) is 5.92 Å². The van der Waals surface area contributed by atoms with Crippen molar-refractivity contribution in [3.05, 3.63) is 35.9 Å². The minimum absolute atomic E-state index is 0.171. The topological polar surface area (TPSA) is 23.5 Å². The van der Waals surface area contributed by atoms with E-state index in [0.29, 0.717) is 12.0 Å². The lowest BCUT2D eigenvalue weighted by Crippen LogP contribution is -2.35. The first-order valence-corrected chi connectivity index (χ1v) is 7.05. The smallest absolute Gasteiger partial charge is 0.0608 e. The van der Waals surface area contributed by atoms with Crippen LogP contribution in [0.1, 0.15) is 31.2 Å². The van der Waals surface area contributed by atoms with E-state index < -0.39 is 0 Å². The van der Waals surface area contributed by atoms with E-state index in [0.717, 1.165) is 19.3 Å². The number of rotatable bonds is 4. The Morgan fingerprint density at radius 3 is 2.28 bits per heavy atom. The first-order valence-electron chi connectivity index (χ1n) is 7.05. The summed E-state index contributed by atoms with van der Waals surface area (Å²) in [6, 6.07) is 11.0. The zero-order valence-corrected chi connectivity index (χ0v) is 11.5. The summed E-state index contributed by atoms with van der Waals surface area (Å²) >= 11 is 0. The van der Waals surface area contributed by atoms with Crippen LogP contribution >= 0.6 is 0 Å². The van der Waals surface area contributed by atoms with Crippen LogP contribution in [0.25, 0.3) is 0 Å². The Morgan fingerprint density at radius 2 is 1.72 bits per heavy atom. The number of benzene rings is 1. The Hall–Kier alpha value is -0.860. The lowest BCUT2D eigenvalue weighted by Gasteiger charge is -2.34. The van der Waals surface area contributed by atoms with Gasteiger partial charge in [0.2, 0.25) is 0 Å². The molecule has 0 heterocycles. The average Bonchev–Trinajstić information content (AvgIpc) is 2.40. The van der Waals surface area contributed by atoms with Gasteiger partial charge < -0.3 is 10.0 Å². The third kappa shape index (κ3) is 3.56. The van der Waals surface area contributed by atoms with Crippen LogP contribution in [0, 0.1) is 5.92 Å². The molecule has 0 amide bonds. The summed E-state index contributed by atoms with van der Waals surface area (Å²) in [5.41, 5.74) is 1.25. The summed E-state index contributed by atoms with van der Waals surface area (Å²) in [6.07, 6.45) is 5.41. The molecule has 0 saturated heterocycles. The van der Waals surface area contributed by atoms with Crippen LogP contribution < -0.4 is 0 Å². The maximum Gasteiger partial charge on any atom is 0.0608 e. The largest absolute Gasteiger partial charge is 0.392 e. The van der Waals surface area contributed by atoms with E-state index in [4.69, 9.17) is 0 Å². The highest BCUT2D eigenvalue weighted by Crippen LogP contribution is 2.30. The standard InChI is InChI=1S/C16H25NO/c1-17(2)15-10-8-14(9-11-15)16(18)12-13-6-4-3-5-7-13/h3-7,14-16,18H,8-12H2,1-2H3. The van der Waals surface area contributed by atoms with Gasteiger partial charge in [0.05, 0.1) is 6.10 Å². The predicted octanol–water partition coefficient (Wildman–Crippen LogP) is 2.71. The Labute approximate surface area is 111 Å². The predicted molar refractivity (Wildman–Crippen MR) is 75.6 cm³/mol. The van der Waals surface area contributed by atoms with Crippen LogP contribution in [0.5, 0.6) is 0 Å². The molecular formula is C16H25NO. The van der Waals surface area contributed by atoms with Gasteiger partial charge in [0.25, 0.3) is 0 Å². The molecule has 2 rings (SSSR count). The second-order valence-electron chi connectivity index (χ2n) is 5.79. The number of nitrogens with zero attached hydrogens (tertiary/aromatic N) is 1. The number of hydrogen-bond acceptors (Lipinski definition) is 2. The normalized spacial score (nSPS) is 26.2. The summed E-state index contributed by atoms with van der Waals surface area (Å²) < 4.78 is 0. The molecule has 0 radical (unpaired) electrons. The molecular weight excluding hydrogens is 222 g/mol. The fraction of sp³-hybridized carbons (Fsp3) is 0.625. The summed E-state index contributed by atoms with van der Waals surface area (Å²) in [7, 11) is 4.32. The van der Waals surface area contributed by atoms with Crippen molar-refractivity contribution >= 4 is 0 Å². The Bertz CT molecular complexity index is 341. The molecule has 0 aliphatic heterocycles. The van der Waals surface area contributed by atoms with E-state index >= 15 is 0 Å². The molecule has 1 aromatic carbocycles. The monoisotopic (exact) mass is 247 g/mol. The van der Waals surface area contributed by atoms with Crippen molar-refractivity contribution in [1.29, 1.82) is 0 Å². The van der Waals surface area contributed by atoms with E-state index in [1.165, 1.54) is 18.4 Å². The molecule has 1 saturated carbocycles. The van der Waals surface area contributed by atoms with Gasteiger partial charge >= 0.3 is 0 Å². The maximum atomic E-state index is 10.3. The zero-order chi connectivity index (χ0) is 13.0. The molecule has 100 valence electrons. The van der Waals surface area contributed by atoms with Crippen LogP contribution in [-0.4, -0.2) is 36.2 Å². The zero-order valence-electron chi connectivity index (χ0n) is 11.5. The van der Waals surface area contributed by atoms with E-state index in [1.807, 2.05) is 18.2 Å². The van der Waals surface area contributed by atoms with Crippen molar-refractivity contribution in [3.8, 4) is 0 Å². The third-order valence-corrected chi connectivity index (χ3v) is 4.30. The molecule has 1 atom stereocenters. The lowest BCUT2D eigenvalue weighted by atomic mass is 9.80. The molecule has 0 bridgehead atoms. The molecule has 18 heavy (non-hydrogen) atoms. The van der Waals surface area contributed by atoms with Gasteiger partial charge in [0.1, 0.15) is 0 Å². The van der Waals surface area contributed by atoms with Gasteiger partial charge in [0, 0.05) is 6.04 Å². The molecule has 2 nitrogen and oxygen atoms in total. The van der Waals surface area contributed by atoms with E-state index in [1.54, 1.807) is 0 Å². The Kier molecular flexibility index (Phi) is 4.79. The van der Waals surface area contributed by atoms with Gasteiger partial charge in [-0.2, -0.15) is 0 Å². The van der Waals surface area contributed by atoms with E-state index in [9.17, 15) is 5.11 Å². The van der Waals surface area contributed by atoms with Crippen LogP contribution in [-0.2, 0) is 6.42 Å². The molecule has 1 aliphatic rings. The summed E-state index contributed by atoms with van der Waals surface area (Å²) in [6.45, 7) is 0. The number of aliphatic hydroxyl groups excluding tert-OH is 1. The van der Waals surface area contributed by atoms with Crippen molar-refractivity contribution < 1.29 is 5.11 Å². The van der Waals surface area contributed by atoms with Gasteiger partial charge in [-0.15, -0.1) is 0 Å². The van der Waals surface area contributed by atoms with Crippen LogP contribution in [0.2, 0.25) is 0 Å². The summed E-state index contributed by atoms with van der Waals surface area (Å²) in [4.78, 5) is 2.32. The molecule has 2 heteroatoms. The molecule has 0 aromatic heterocycles. The Morgan fingerprint density at radius 1 is 1.11 bits per heavy atom. The molecule has 1 aliphatic carbocycles. The molecule has 1 N–H and O–H groups in total. The molecule has 1 unspecified atom stereocenters. The second-order valence-corrected chi connectivity index (χ2v) is 5.79. The van der Waals surface area contributed by atoms with Crippen molar-refractivity contribution in [1.82, 2.24) is 4.90 Å². The lowest BCUT2D eigenvalue weighted by molar-refractivity contribution is 0.0662. The minimum atomic E-state index is -0.171. The highest BCUT2D eigenvalue weighted by atomic mass is 16.3.